The van der Waals surface area contributed by atoms with Gasteiger partial charge >= 0.3 is 6.09 Å². The molecule has 128 valence electrons. The van der Waals surface area contributed by atoms with E-state index in [0.717, 1.165) is 0 Å². The molecule has 1 N–H and O–H groups in total. The number of benzene rings is 1. The van der Waals surface area contributed by atoms with Crippen molar-refractivity contribution in [2.45, 2.75) is 52.8 Å². The lowest BCUT2D eigenvalue weighted by Crippen LogP contribution is -2.47. The molecule has 1 atom stereocenters. The second kappa shape index (κ2) is 8.41. The van der Waals surface area contributed by atoms with Crippen molar-refractivity contribution in [3.8, 4) is 5.75 Å². The number of carbonyl (C=O) groups is 2. The molecule has 0 bridgehead atoms. The lowest BCUT2D eigenvalue weighted by molar-refractivity contribution is -0.141. The molecule has 0 aromatic heterocycles. The number of methoxy groups -OCH3 is 1. The molecule has 0 aliphatic rings. The molecule has 6 heteroatoms. The van der Waals surface area contributed by atoms with Gasteiger partial charge in [-0.1, -0.05) is 0 Å². The van der Waals surface area contributed by atoms with Crippen LogP contribution in [0.2, 0.25) is 0 Å². The van der Waals surface area contributed by atoms with Gasteiger partial charge < -0.3 is 14.4 Å². The summed E-state index contributed by atoms with van der Waals surface area (Å²) in [5, 5.41) is 2.55. The predicted octanol–water partition coefficient (Wildman–Crippen LogP) is 3.28. The van der Waals surface area contributed by atoms with Gasteiger partial charge in [0.25, 0.3) is 5.91 Å². The van der Waals surface area contributed by atoms with Crippen LogP contribution in [-0.2, 0) is 9.53 Å². The molecule has 0 saturated carbocycles. The highest BCUT2D eigenvalue weighted by Gasteiger charge is 2.26. The predicted molar refractivity (Wildman–Crippen MR) is 89.7 cm³/mol. The molecule has 0 unspecified atom stereocenters. The first-order valence-electron chi connectivity index (χ1n) is 7.70. The van der Waals surface area contributed by atoms with Crippen LogP contribution in [0, 0.1) is 0 Å². The second-order valence-corrected chi connectivity index (χ2v) is 5.83. The summed E-state index contributed by atoms with van der Waals surface area (Å²) in [7, 11) is 1.30. The minimum absolute atomic E-state index is 0.0493. The fourth-order valence-electron chi connectivity index (χ4n) is 2.36. The van der Waals surface area contributed by atoms with E-state index in [0.29, 0.717) is 11.4 Å². The highest BCUT2D eigenvalue weighted by Crippen LogP contribution is 2.18. The van der Waals surface area contributed by atoms with Gasteiger partial charge in [0.2, 0.25) is 0 Å². The smallest absolute Gasteiger partial charge is 0.411 e. The van der Waals surface area contributed by atoms with E-state index in [2.05, 4.69) is 10.1 Å². The molecule has 0 aliphatic carbocycles. The van der Waals surface area contributed by atoms with Gasteiger partial charge in [-0.15, -0.1) is 0 Å². The number of hydrogen-bond donors (Lipinski definition) is 1. The Balaban J connectivity index is 2.71. The largest absolute Gasteiger partial charge is 0.481 e. The first-order chi connectivity index (χ1) is 10.8. The van der Waals surface area contributed by atoms with Crippen molar-refractivity contribution in [1.82, 2.24) is 4.90 Å². The molecule has 0 aliphatic heterocycles. The van der Waals surface area contributed by atoms with Gasteiger partial charge in [0, 0.05) is 17.8 Å². The van der Waals surface area contributed by atoms with Crippen LogP contribution in [0.25, 0.3) is 0 Å². The van der Waals surface area contributed by atoms with Gasteiger partial charge in [-0.2, -0.15) is 0 Å². The van der Waals surface area contributed by atoms with Crippen molar-refractivity contribution in [2.75, 3.05) is 12.4 Å². The van der Waals surface area contributed by atoms with E-state index in [1.165, 1.54) is 7.11 Å². The number of anilines is 1. The highest BCUT2D eigenvalue weighted by atomic mass is 16.5. The zero-order valence-corrected chi connectivity index (χ0v) is 14.6. The minimum Gasteiger partial charge on any atom is -0.481 e. The lowest BCUT2D eigenvalue weighted by Gasteiger charge is -2.33. The Morgan fingerprint density at radius 1 is 1.00 bits per heavy atom. The molecule has 0 fully saturated rings. The van der Waals surface area contributed by atoms with E-state index >= 15 is 0 Å². The second-order valence-electron chi connectivity index (χ2n) is 5.83. The summed E-state index contributed by atoms with van der Waals surface area (Å²) in [6.07, 6.45) is -1.12. The quantitative estimate of drug-likeness (QED) is 0.873. The van der Waals surface area contributed by atoms with Crippen LogP contribution >= 0.6 is 0 Å². The average Bonchev–Trinajstić information content (AvgIpc) is 2.48. The molecule has 0 radical (unpaired) electrons. The maximum atomic E-state index is 12.5. The standard InChI is InChI=1S/C17H26N2O4/c1-11(2)19(12(3)4)16(20)13(5)23-15-9-7-14(8-10-15)18-17(21)22-6/h7-13H,1-6H3,(H,18,21)/t13-/m0/s1. The molecule has 0 spiro atoms. The summed E-state index contributed by atoms with van der Waals surface area (Å²) in [5.74, 6) is 0.514. The van der Waals surface area contributed by atoms with Crippen LogP contribution in [0.15, 0.2) is 24.3 Å². The fraction of sp³-hybridized carbons (Fsp3) is 0.529. The van der Waals surface area contributed by atoms with Crippen LogP contribution in [0.5, 0.6) is 5.75 Å². The van der Waals surface area contributed by atoms with Crippen molar-refractivity contribution in [3.63, 3.8) is 0 Å². The zero-order valence-electron chi connectivity index (χ0n) is 14.6. The molecule has 23 heavy (non-hydrogen) atoms. The maximum absolute atomic E-state index is 12.5. The van der Waals surface area contributed by atoms with E-state index < -0.39 is 12.2 Å². The van der Waals surface area contributed by atoms with Gasteiger partial charge in [-0.05, 0) is 58.9 Å². The lowest BCUT2D eigenvalue weighted by atomic mass is 10.2. The number of amides is 2. The molecular weight excluding hydrogens is 296 g/mol. The van der Waals surface area contributed by atoms with Crippen LogP contribution in [0.3, 0.4) is 0 Å². The molecular formula is C17H26N2O4. The monoisotopic (exact) mass is 322 g/mol. The van der Waals surface area contributed by atoms with Gasteiger partial charge in [0.1, 0.15) is 5.75 Å². The van der Waals surface area contributed by atoms with Gasteiger partial charge in [-0.25, -0.2) is 4.79 Å². The highest BCUT2D eigenvalue weighted by molar-refractivity contribution is 5.84. The summed E-state index contributed by atoms with van der Waals surface area (Å²) in [5.41, 5.74) is 0.592. The minimum atomic E-state index is -0.584. The van der Waals surface area contributed by atoms with E-state index in [1.807, 2.05) is 27.7 Å². The molecule has 0 heterocycles. The number of hydrogen-bond acceptors (Lipinski definition) is 4. The Labute approximate surface area is 137 Å². The molecule has 1 aromatic carbocycles. The van der Waals surface area contributed by atoms with E-state index in [9.17, 15) is 9.59 Å². The first kappa shape index (κ1) is 18.8. The average molecular weight is 322 g/mol. The summed E-state index contributed by atoms with van der Waals surface area (Å²) < 4.78 is 10.2. The van der Waals surface area contributed by atoms with Crippen molar-refractivity contribution in [2.24, 2.45) is 0 Å². The Hall–Kier alpha value is -2.24. The number of nitrogens with one attached hydrogen (secondary N) is 1. The number of carbonyl (C=O) groups excluding carboxylic acids is 2. The number of nitrogens with zero attached hydrogens (tertiary/aromatic N) is 1. The van der Waals surface area contributed by atoms with Gasteiger partial charge in [-0.3, -0.25) is 10.1 Å². The van der Waals surface area contributed by atoms with Gasteiger partial charge in [0.05, 0.1) is 7.11 Å². The first-order valence-corrected chi connectivity index (χ1v) is 7.70. The zero-order chi connectivity index (χ0) is 17.6. The summed E-state index contributed by atoms with van der Waals surface area (Å²) in [6, 6.07) is 6.99. The Kier molecular flexibility index (Phi) is 6.88. The Bertz CT molecular complexity index is 518. The topological polar surface area (TPSA) is 67.9 Å². The van der Waals surface area contributed by atoms with Crippen LogP contribution in [0.1, 0.15) is 34.6 Å². The summed E-state index contributed by atoms with van der Waals surface area (Å²) >= 11 is 0. The van der Waals surface area contributed by atoms with Crippen molar-refractivity contribution < 1.29 is 19.1 Å². The molecule has 2 amide bonds. The summed E-state index contributed by atoms with van der Waals surface area (Å²) in [6.45, 7) is 9.67. The third-order valence-corrected chi connectivity index (χ3v) is 3.31. The number of rotatable bonds is 6. The fourth-order valence-corrected chi connectivity index (χ4v) is 2.36. The van der Waals surface area contributed by atoms with E-state index in [4.69, 9.17) is 4.74 Å². The Morgan fingerprint density at radius 2 is 1.52 bits per heavy atom. The van der Waals surface area contributed by atoms with Crippen molar-refractivity contribution in [1.29, 1.82) is 0 Å². The maximum Gasteiger partial charge on any atom is 0.411 e. The Morgan fingerprint density at radius 3 is 1.96 bits per heavy atom. The summed E-state index contributed by atoms with van der Waals surface area (Å²) in [4.78, 5) is 25.4. The van der Waals surface area contributed by atoms with Crippen molar-refractivity contribution in [3.05, 3.63) is 24.3 Å². The van der Waals surface area contributed by atoms with Crippen LogP contribution in [0.4, 0.5) is 10.5 Å². The van der Waals surface area contributed by atoms with Crippen LogP contribution in [-0.4, -0.2) is 42.2 Å². The van der Waals surface area contributed by atoms with Crippen LogP contribution < -0.4 is 10.1 Å². The third kappa shape index (κ3) is 5.47. The third-order valence-electron chi connectivity index (χ3n) is 3.31. The normalized spacial score (nSPS) is 12.0. The molecule has 6 nitrogen and oxygen atoms in total. The molecule has 1 rings (SSSR count). The van der Waals surface area contributed by atoms with Gasteiger partial charge in [0.15, 0.2) is 6.10 Å². The van der Waals surface area contributed by atoms with E-state index in [-0.39, 0.29) is 18.0 Å². The van der Waals surface area contributed by atoms with Crippen molar-refractivity contribution >= 4 is 17.7 Å². The molecule has 1 aromatic rings. The molecule has 0 saturated heterocycles. The number of ether oxygens (including phenoxy) is 2. The SMILES string of the molecule is COC(=O)Nc1ccc(O[C@@H](C)C(=O)N(C(C)C)C(C)C)cc1. The van der Waals surface area contributed by atoms with E-state index in [1.54, 1.807) is 36.1 Å².